The molecule has 0 radical (unpaired) electrons. The standard InChI is InChI=1S/C69H71N7O7.CH4/c1-44(77)53(34-45-10-22-57(70)23-11-45)39-64(78)54(35-46-12-24-58(71)25-13-46)40-65(79)55(36-47-14-26-59(72)27-15-47)41-66(80)56(37-48-16-28-60(73)29-17-48)42-67(81)62(38-49-18-30-61(74)31-19-49)75-68(82)32-33-69(83)76-43-52-8-3-2-6-50(52)20-21-51-7-4-5-9-63(51)76;/h2-19,22-31,53-56,62H,32-43,70-74H2,1H3,(H,75,82);1H4. The first kappa shape index (κ1) is 62.0. The van der Waals surface area contributed by atoms with Crippen molar-refractivity contribution in [2.75, 3.05) is 33.6 Å². The zero-order chi connectivity index (χ0) is 59.0. The third-order valence-electron chi connectivity index (χ3n) is 15.5. The first-order chi connectivity index (χ1) is 39.9. The summed E-state index contributed by atoms with van der Waals surface area (Å²) in [6, 6.07) is 49.0. The fraction of sp³-hybridized carbons (Fsp3) is 0.271. The molecule has 0 fully saturated rings. The van der Waals surface area contributed by atoms with Crippen LogP contribution < -0.4 is 38.9 Å². The molecule has 11 N–H and O–H groups in total. The molecule has 2 amide bonds. The molecule has 14 nitrogen and oxygen atoms in total. The predicted molar refractivity (Wildman–Crippen MR) is 334 cm³/mol. The van der Waals surface area contributed by atoms with Gasteiger partial charge in [0.2, 0.25) is 11.8 Å². The van der Waals surface area contributed by atoms with Crippen molar-refractivity contribution in [3.8, 4) is 11.8 Å². The van der Waals surface area contributed by atoms with Gasteiger partial charge in [0, 0.05) is 102 Å². The van der Waals surface area contributed by atoms with Gasteiger partial charge in [-0.3, -0.25) is 33.6 Å². The van der Waals surface area contributed by atoms with Gasteiger partial charge in [0.1, 0.15) is 23.1 Å². The first-order valence-corrected chi connectivity index (χ1v) is 28.0. The molecule has 8 rings (SSSR count). The monoisotopic (exact) mass is 1130 g/mol. The fourth-order valence-corrected chi connectivity index (χ4v) is 10.6. The zero-order valence-corrected chi connectivity index (χ0v) is 46.7. The molecule has 0 aromatic heterocycles. The van der Waals surface area contributed by atoms with Crippen LogP contribution >= 0.6 is 0 Å². The summed E-state index contributed by atoms with van der Waals surface area (Å²) in [5.41, 5.74) is 39.5. The van der Waals surface area contributed by atoms with Gasteiger partial charge in [-0.25, -0.2) is 0 Å². The Morgan fingerprint density at radius 1 is 0.429 bits per heavy atom. The van der Waals surface area contributed by atoms with E-state index in [9.17, 15) is 24.0 Å². The quantitative estimate of drug-likeness (QED) is 0.0208. The molecule has 14 heteroatoms. The summed E-state index contributed by atoms with van der Waals surface area (Å²) >= 11 is 0. The third kappa shape index (κ3) is 17.7. The van der Waals surface area contributed by atoms with E-state index >= 15 is 9.59 Å². The van der Waals surface area contributed by atoms with E-state index in [-0.39, 0.29) is 107 Å². The molecular formula is C70H75N7O7. The van der Waals surface area contributed by atoms with Crippen LogP contribution in [0.1, 0.15) is 97.4 Å². The van der Waals surface area contributed by atoms with Gasteiger partial charge in [-0.05, 0) is 151 Å². The minimum absolute atomic E-state index is 0. The third-order valence-corrected chi connectivity index (χ3v) is 15.5. The number of rotatable bonds is 27. The summed E-state index contributed by atoms with van der Waals surface area (Å²) in [5.74, 6) is 0.562. The Labute approximate surface area is 492 Å². The summed E-state index contributed by atoms with van der Waals surface area (Å²) in [4.78, 5) is 103. The largest absolute Gasteiger partial charge is 0.399 e. The molecule has 0 saturated carbocycles. The van der Waals surface area contributed by atoms with E-state index in [1.807, 2.05) is 60.7 Å². The normalized spacial score (nSPS) is 13.3. The van der Waals surface area contributed by atoms with Gasteiger partial charge >= 0.3 is 0 Å². The number of carbonyl (C=O) groups excluding carboxylic acids is 7. The number of para-hydroxylation sites is 1. The molecule has 7 aromatic rings. The molecule has 5 unspecified atom stereocenters. The van der Waals surface area contributed by atoms with E-state index < -0.39 is 41.4 Å². The molecule has 1 heterocycles. The van der Waals surface area contributed by atoms with Gasteiger partial charge in [0.25, 0.3) is 0 Å². The Bertz CT molecular complexity index is 3520. The van der Waals surface area contributed by atoms with Crippen molar-refractivity contribution in [1.82, 2.24) is 5.32 Å². The number of ketones is 5. The lowest BCUT2D eigenvalue weighted by Gasteiger charge is -2.26. The Hall–Kier alpha value is -9.61. The number of carbonyl (C=O) groups is 7. The van der Waals surface area contributed by atoms with Crippen molar-refractivity contribution >= 4 is 74.9 Å². The van der Waals surface area contributed by atoms with Crippen LogP contribution in [0.15, 0.2) is 170 Å². The van der Waals surface area contributed by atoms with Gasteiger partial charge in [0.05, 0.1) is 18.3 Å². The SMILES string of the molecule is C.CC(=O)C(CC(=O)C(CC(=O)C(CC(=O)C(CC(=O)C(Cc1ccc(N)cc1)NC(=O)CCC(=O)N1Cc2ccccc2C#Cc2ccccc21)Cc1ccc(N)cc1)Cc1ccc(N)cc1)Cc1ccc(N)cc1)Cc1ccc(N)cc1. The van der Waals surface area contributed by atoms with Crippen LogP contribution in [-0.4, -0.2) is 46.8 Å². The lowest BCUT2D eigenvalue weighted by molar-refractivity contribution is -0.134. The number of hydrogen-bond acceptors (Lipinski definition) is 12. The highest BCUT2D eigenvalue weighted by molar-refractivity contribution is 5.99. The number of nitrogen functional groups attached to an aromatic ring is 5. The molecular weight excluding hydrogens is 1050 g/mol. The number of anilines is 6. The van der Waals surface area contributed by atoms with Crippen molar-refractivity contribution in [3.05, 3.63) is 214 Å². The van der Waals surface area contributed by atoms with Gasteiger partial charge < -0.3 is 38.9 Å². The highest BCUT2D eigenvalue weighted by Gasteiger charge is 2.35. The number of amides is 2. The van der Waals surface area contributed by atoms with Crippen molar-refractivity contribution in [2.45, 2.75) is 97.6 Å². The zero-order valence-electron chi connectivity index (χ0n) is 46.7. The molecule has 0 spiro atoms. The minimum atomic E-state index is -1.13. The summed E-state index contributed by atoms with van der Waals surface area (Å²) in [7, 11) is 0. The molecule has 7 aromatic carbocycles. The number of nitrogens with zero attached hydrogens (tertiary/aromatic N) is 1. The topological polar surface area (TPSA) is 265 Å². The lowest BCUT2D eigenvalue weighted by Crippen LogP contribution is -2.44. The summed E-state index contributed by atoms with van der Waals surface area (Å²) in [5, 5.41) is 2.93. The predicted octanol–water partition coefficient (Wildman–Crippen LogP) is 9.85. The van der Waals surface area contributed by atoms with E-state index in [2.05, 4.69) is 17.2 Å². The second kappa shape index (κ2) is 29.4. The van der Waals surface area contributed by atoms with Crippen LogP contribution in [0, 0.1) is 35.5 Å². The van der Waals surface area contributed by atoms with Crippen molar-refractivity contribution in [3.63, 3.8) is 0 Å². The Morgan fingerprint density at radius 3 is 1.20 bits per heavy atom. The molecule has 1 aliphatic heterocycles. The number of benzene rings is 7. The van der Waals surface area contributed by atoms with Crippen LogP contribution in [0.4, 0.5) is 34.1 Å². The Morgan fingerprint density at radius 2 is 0.774 bits per heavy atom. The van der Waals surface area contributed by atoms with Gasteiger partial charge in [-0.15, -0.1) is 0 Å². The average molecular weight is 1130 g/mol. The summed E-state index contributed by atoms with van der Waals surface area (Å²) in [6.07, 6.45) is -0.566. The number of nitrogens with one attached hydrogen (secondary N) is 1. The average Bonchev–Trinajstić information content (AvgIpc) is 3.37. The second-order valence-corrected chi connectivity index (χ2v) is 21.8. The van der Waals surface area contributed by atoms with E-state index in [1.54, 1.807) is 114 Å². The number of hydrogen-bond donors (Lipinski definition) is 6. The first-order valence-electron chi connectivity index (χ1n) is 28.0. The van der Waals surface area contributed by atoms with Crippen molar-refractivity contribution in [1.29, 1.82) is 0 Å². The van der Waals surface area contributed by atoms with Gasteiger partial charge in [-0.1, -0.05) is 110 Å². The van der Waals surface area contributed by atoms with E-state index in [1.165, 1.54) is 6.92 Å². The maximum atomic E-state index is 15.2. The van der Waals surface area contributed by atoms with Crippen LogP contribution in [0.25, 0.3) is 0 Å². The summed E-state index contributed by atoms with van der Waals surface area (Å²) in [6.45, 7) is 1.70. The highest BCUT2D eigenvalue weighted by Crippen LogP contribution is 2.30. The van der Waals surface area contributed by atoms with Crippen LogP contribution in [0.2, 0.25) is 0 Å². The maximum Gasteiger partial charge on any atom is 0.227 e. The molecule has 0 aliphatic carbocycles. The molecule has 1 aliphatic rings. The number of nitrogens with two attached hydrogens (primary N) is 5. The molecule has 84 heavy (non-hydrogen) atoms. The van der Waals surface area contributed by atoms with Crippen molar-refractivity contribution in [2.24, 2.45) is 23.7 Å². The van der Waals surface area contributed by atoms with E-state index in [0.717, 1.165) is 33.4 Å². The fourth-order valence-electron chi connectivity index (χ4n) is 10.6. The lowest BCUT2D eigenvalue weighted by atomic mass is 9.78. The Kier molecular flexibility index (Phi) is 21.7. The second-order valence-electron chi connectivity index (χ2n) is 21.8. The minimum Gasteiger partial charge on any atom is -0.399 e. The Balaban J connectivity index is 0.0000101. The van der Waals surface area contributed by atoms with E-state index in [4.69, 9.17) is 28.7 Å². The summed E-state index contributed by atoms with van der Waals surface area (Å²) < 4.78 is 0. The van der Waals surface area contributed by atoms with Crippen LogP contribution in [0.5, 0.6) is 0 Å². The highest BCUT2D eigenvalue weighted by atomic mass is 16.2. The van der Waals surface area contributed by atoms with Gasteiger partial charge in [-0.2, -0.15) is 0 Å². The van der Waals surface area contributed by atoms with Crippen LogP contribution in [-0.2, 0) is 72.2 Å². The molecule has 0 saturated heterocycles. The van der Waals surface area contributed by atoms with Gasteiger partial charge in [0.15, 0.2) is 5.78 Å². The number of Topliss-reactive ketones (excluding diaryl/α,β-unsaturated/α-hetero) is 5. The van der Waals surface area contributed by atoms with Crippen LogP contribution in [0.3, 0.4) is 0 Å². The number of fused-ring (bicyclic) bond motifs is 2. The van der Waals surface area contributed by atoms with E-state index in [0.29, 0.717) is 51.7 Å². The molecule has 5 atom stereocenters. The molecule has 432 valence electrons. The maximum absolute atomic E-state index is 15.2. The smallest absolute Gasteiger partial charge is 0.227 e. The van der Waals surface area contributed by atoms with Crippen molar-refractivity contribution < 1.29 is 33.6 Å². The molecule has 0 bridgehead atoms.